The van der Waals surface area contributed by atoms with Gasteiger partial charge in [0.1, 0.15) is 5.75 Å². The van der Waals surface area contributed by atoms with Crippen LogP contribution >= 0.6 is 15.9 Å². The maximum absolute atomic E-state index is 12.3. The van der Waals surface area contributed by atoms with Gasteiger partial charge in [-0.2, -0.15) is 0 Å². The van der Waals surface area contributed by atoms with Crippen molar-refractivity contribution in [3.63, 3.8) is 0 Å². The van der Waals surface area contributed by atoms with Crippen LogP contribution in [0.5, 0.6) is 5.75 Å². The van der Waals surface area contributed by atoms with Crippen molar-refractivity contribution in [2.45, 2.75) is 25.3 Å². The van der Waals surface area contributed by atoms with Crippen LogP contribution < -0.4 is 5.32 Å². The largest absolute Gasteiger partial charge is 0.507 e. The topological polar surface area (TPSA) is 58.6 Å². The van der Waals surface area contributed by atoms with Crippen LogP contribution in [0, 0.1) is 6.92 Å². The Hall–Kier alpha value is -1.07. The molecule has 1 aromatic carbocycles. The van der Waals surface area contributed by atoms with Gasteiger partial charge in [-0.1, -0.05) is 27.6 Å². The summed E-state index contributed by atoms with van der Waals surface area (Å²) in [5.41, 5.74) is 0.987. The summed E-state index contributed by atoms with van der Waals surface area (Å²) < 4.78 is 5.34. The average Bonchev–Trinajstić information content (AvgIpc) is 2.42. The summed E-state index contributed by atoms with van der Waals surface area (Å²) in [5, 5.41) is 13.5. The minimum atomic E-state index is -0.286. The number of nitrogens with one attached hydrogen (secondary N) is 1. The molecule has 1 saturated heterocycles. The van der Waals surface area contributed by atoms with Crippen molar-refractivity contribution < 1.29 is 14.6 Å². The molecule has 1 aromatic rings. The minimum Gasteiger partial charge on any atom is -0.507 e. The third-order valence-corrected chi connectivity index (χ3v) is 4.55. The number of alkyl halides is 1. The predicted octanol–water partition coefficient (Wildman–Crippen LogP) is 2.37. The molecule has 1 fully saturated rings. The van der Waals surface area contributed by atoms with E-state index in [0.29, 0.717) is 24.1 Å². The first-order chi connectivity index (χ1) is 9.06. The molecule has 0 spiro atoms. The lowest BCUT2D eigenvalue weighted by Gasteiger charge is -2.36. The molecule has 0 atom stereocenters. The highest BCUT2D eigenvalue weighted by molar-refractivity contribution is 9.09. The number of amides is 1. The SMILES string of the molecule is Cc1ccc(O)c(C(=O)NC2(CBr)CCOCC2)c1. The van der Waals surface area contributed by atoms with E-state index in [9.17, 15) is 9.90 Å². The number of hydrogen-bond acceptors (Lipinski definition) is 3. The molecular formula is C14H18BrNO3. The van der Waals surface area contributed by atoms with Gasteiger partial charge in [-0.05, 0) is 31.9 Å². The smallest absolute Gasteiger partial charge is 0.255 e. The molecule has 19 heavy (non-hydrogen) atoms. The van der Waals surface area contributed by atoms with Crippen LogP contribution in [0.4, 0.5) is 0 Å². The van der Waals surface area contributed by atoms with Crippen molar-refractivity contribution >= 4 is 21.8 Å². The molecule has 0 bridgehead atoms. The first-order valence-electron chi connectivity index (χ1n) is 6.32. The van der Waals surface area contributed by atoms with Crippen molar-refractivity contribution in [1.82, 2.24) is 5.32 Å². The van der Waals surface area contributed by atoms with Crippen molar-refractivity contribution in [3.8, 4) is 5.75 Å². The van der Waals surface area contributed by atoms with Gasteiger partial charge >= 0.3 is 0 Å². The zero-order valence-corrected chi connectivity index (χ0v) is 12.5. The van der Waals surface area contributed by atoms with Gasteiger partial charge in [0.15, 0.2) is 0 Å². The Morgan fingerprint density at radius 3 is 2.79 bits per heavy atom. The van der Waals surface area contributed by atoms with E-state index in [4.69, 9.17) is 4.74 Å². The monoisotopic (exact) mass is 327 g/mol. The van der Waals surface area contributed by atoms with Gasteiger partial charge in [0.05, 0.1) is 11.1 Å². The maximum Gasteiger partial charge on any atom is 0.255 e. The van der Waals surface area contributed by atoms with Gasteiger partial charge in [-0.15, -0.1) is 0 Å². The molecule has 0 aromatic heterocycles. The predicted molar refractivity (Wildman–Crippen MR) is 76.9 cm³/mol. The number of carbonyl (C=O) groups is 1. The van der Waals surface area contributed by atoms with Gasteiger partial charge in [0.2, 0.25) is 0 Å². The second kappa shape index (κ2) is 5.92. The Balaban J connectivity index is 2.17. The number of benzene rings is 1. The van der Waals surface area contributed by atoms with Gasteiger partial charge in [0, 0.05) is 18.5 Å². The first-order valence-corrected chi connectivity index (χ1v) is 7.44. The zero-order chi connectivity index (χ0) is 13.9. The second-order valence-electron chi connectivity index (χ2n) is 5.00. The number of carbonyl (C=O) groups excluding carboxylic acids is 1. The Morgan fingerprint density at radius 1 is 1.47 bits per heavy atom. The maximum atomic E-state index is 12.3. The summed E-state index contributed by atoms with van der Waals surface area (Å²) in [4.78, 5) is 12.3. The molecule has 0 saturated carbocycles. The van der Waals surface area contributed by atoms with Crippen LogP contribution in [-0.2, 0) is 4.74 Å². The number of ether oxygens (including phenoxy) is 1. The molecule has 0 radical (unpaired) electrons. The molecule has 5 heteroatoms. The van der Waals surface area contributed by atoms with E-state index >= 15 is 0 Å². The highest BCUT2D eigenvalue weighted by Crippen LogP contribution is 2.25. The minimum absolute atomic E-state index is 0.0138. The number of rotatable bonds is 3. The van der Waals surface area contributed by atoms with E-state index in [1.807, 2.05) is 6.92 Å². The van der Waals surface area contributed by atoms with Crippen molar-refractivity contribution in [2.24, 2.45) is 0 Å². The molecule has 104 valence electrons. The van der Waals surface area contributed by atoms with Gasteiger partial charge in [0.25, 0.3) is 5.91 Å². The van der Waals surface area contributed by atoms with Crippen LogP contribution in [0.15, 0.2) is 18.2 Å². The van der Waals surface area contributed by atoms with Crippen molar-refractivity contribution in [1.29, 1.82) is 0 Å². The highest BCUT2D eigenvalue weighted by atomic mass is 79.9. The molecule has 2 N–H and O–H groups in total. The average molecular weight is 328 g/mol. The summed E-state index contributed by atoms with van der Waals surface area (Å²) >= 11 is 3.47. The molecule has 1 amide bonds. The van der Waals surface area contributed by atoms with E-state index in [2.05, 4.69) is 21.2 Å². The standard InChI is InChI=1S/C14H18BrNO3/c1-10-2-3-12(17)11(8-10)13(18)16-14(9-15)4-6-19-7-5-14/h2-3,8,17H,4-7,9H2,1H3,(H,16,18). The molecule has 4 nitrogen and oxygen atoms in total. The summed E-state index contributed by atoms with van der Waals surface area (Å²) in [6, 6.07) is 5.03. The van der Waals surface area contributed by atoms with Gasteiger partial charge in [-0.25, -0.2) is 0 Å². The Kier molecular flexibility index (Phi) is 4.47. The summed E-state index contributed by atoms with van der Waals surface area (Å²) in [7, 11) is 0. The van der Waals surface area contributed by atoms with E-state index in [1.165, 1.54) is 0 Å². The fourth-order valence-electron chi connectivity index (χ4n) is 2.19. The molecule has 0 unspecified atom stereocenters. The molecule has 0 aliphatic carbocycles. The Labute approximate surface area is 121 Å². The second-order valence-corrected chi connectivity index (χ2v) is 5.56. The van der Waals surface area contributed by atoms with Crippen LogP contribution in [-0.4, -0.2) is 35.1 Å². The molecule has 1 aliphatic heterocycles. The fraction of sp³-hybridized carbons (Fsp3) is 0.500. The Morgan fingerprint density at radius 2 is 2.16 bits per heavy atom. The quantitative estimate of drug-likeness (QED) is 0.838. The number of phenolic OH excluding ortho intramolecular Hbond substituents is 1. The van der Waals surface area contributed by atoms with Gasteiger partial charge < -0.3 is 15.2 Å². The third kappa shape index (κ3) is 3.28. The van der Waals surface area contributed by atoms with Crippen LogP contribution in [0.25, 0.3) is 0 Å². The molecule has 1 heterocycles. The number of aromatic hydroxyl groups is 1. The molecular weight excluding hydrogens is 310 g/mol. The van der Waals surface area contributed by atoms with Crippen LogP contribution in [0.3, 0.4) is 0 Å². The Bertz CT molecular complexity index is 470. The number of halogens is 1. The highest BCUT2D eigenvalue weighted by Gasteiger charge is 2.33. The fourth-order valence-corrected chi connectivity index (χ4v) is 2.90. The number of aryl methyl sites for hydroxylation is 1. The van der Waals surface area contributed by atoms with E-state index in [-0.39, 0.29) is 17.2 Å². The molecule has 1 aliphatic rings. The summed E-state index contributed by atoms with van der Waals surface area (Å²) in [6.07, 6.45) is 1.55. The third-order valence-electron chi connectivity index (χ3n) is 3.48. The number of hydrogen-bond donors (Lipinski definition) is 2. The zero-order valence-electron chi connectivity index (χ0n) is 10.9. The lowest BCUT2D eigenvalue weighted by Crippen LogP contribution is -2.53. The van der Waals surface area contributed by atoms with Crippen LogP contribution in [0.2, 0.25) is 0 Å². The summed E-state index contributed by atoms with van der Waals surface area (Å²) in [5.74, 6) is -0.220. The van der Waals surface area contributed by atoms with Crippen molar-refractivity contribution in [3.05, 3.63) is 29.3 Å². The van der Waals surface area contributed by atoms with Crippen molar-refractivity contribution in [2.75, 3.05) is 18.5 Å². The molecule has 2 rings (SSSR count). The normalized spacial score (nSPS) is 18.0. The number of phenols is 1. The lowest BCUT2D eigenvalue weighted by molar-refractivity contribution is 0.0441. The van der Waals surface area contributed by atoms with Crippen LogP contribution in [0.1, 0.15) is 28.8 Å². The van der Waals surface area contributed by atoms with E-state index in [1.54, 1.807) is 18.2 Å². The first kappa shape index (κ1) is 14.3. The van der Waals surface area contributed by atoms with E-state index < -0.39 is 0 Å². The van der Waals surface area contributed by atoms with Gasteiger partial charge in [-0.3, -0.25) is 4.79 Å². The van der Waals surface area contributed by atoms with E-state index in [0.717, 1.165) is 18.4 Å². The summed E-state index contributed by atoms with van der Waals surface area (Å²) in [6.45, 7) is 3.18. The lowest BCUT2D eigenvalue weighted by atomic mass is 9.92.